The predicted molar refractivity (Wildman–Crippen MR) is 107 cm³/mol. The summed E-state index contributed by atoms with van der Waals surface area (Å²) in [5.41, 5.74) is 2.35. The molecule has 3 heteroatoms. The molecule has 6 atom stereocenters. The summed E-state index contributed by atoms with van der Waals surface area (Å²) in [5, 5.41) is 13.6. The van der Waals surface area contributed by atoms with Gasteiger partial charge < -0.3 is 10.4 Å². The number of aryl methyl sites for hydroxylation is 1. The Hall–Kier alpha value is -1.51. The molecule has 2 bridgehead atoms. The van der Waals surface area contributed by atoms with Gasteiger partial charge >= 0.3 is 0 Å². The summed E-state index contributed by atoms with van der Waals surface area (Å²) in [5.74, 6) is 2.59. The van der Waals surface area contributed by atoms with Gasteiger partial charge in [0, 0.05) is 6.04 Å². The number of aromatic hydroxyl groups is 1. The minimum Gasteiger partial charge on any atom is -0.508 e. The second-order valence-corrected chi connectivity index (χ2v) is 10.4. The van der Waals surface area contributed by atoms with E-state index >= 15 is 0 Å². The normalized spacial score (nSPS) is 42.4. The third-order valence-electron chi connectivity index (χ3n) is 8.91. The number of hydrogen-bond acceptors (Lipinski definition) is 2. The summed E-state index contributed by atoms with van der Waals surface area (Å²) in [6.07, 6.45) is 10.5. The Kier molecular flexibility index (Phi) is 3.90. The van der Waals surface area contributed by atoms with Crippen LogP contribution in [-0.4, -0.2) is 17.1 Å². The van der Waals surface area contributed by atoms with Gasteiger partial charge in [0.2, 0.25) is 5.91 Å². The number of amides is 1. The van der Waals surface area contributed by atoms with Gasteiger partial charge in [-0.3, -0.25) is 4.79 Å². The average Bonchev–Trinajstić information content (AvgIpc) is 3.25. The van der Waals surface area contributed by atoms with E-state index in [-0.39, 0.29) is 10.8 Å². The van der Waals surface area contributed by atoms with Crippen molar-refractivity contribution in [3.63, 3.8) is 0 Å². The molecule has 1 aromatic carbocycles. The van der Waals surface area contributed by atoms with Gasteiger partial charge in [-0.15, -0.1) is 0 Å². The number of hydrogen-bond donors (Lipinski definition) is 2. The van der Waals surface area contributed by atoms with Crippen LogP contribution in [0.5, 0.6) is 5.75 Å². The van der Waals surface area contributed by atoms with E-state index in [9.17, 15) is 9.90 Å². The predicted octanol–water partition coefficient (Wildman–Crippen LogP) is 4.71. The first-order chi connectivity index (χ1) is 12.9. The van der Waals surface area contributed by atoms with E-state index in [0.717, 1.165) is 43.9 Å². The fourth-order valence-corrected chi connectivity index (χ4v) is 7.47. The van der Waals surface area contributed by atoms with E-state index in [2.05, 4.69) is 25.2 Å². The Morgan fingerprint density at radius 2 is 2.00 bits per heavy atom. The van der Waals surface area contributed by atoms with Crippen molar-refractivity contribution in [1.82, 2.24) is 5.32 Å². The maximum absolute atomic E-state index is 13.6. The monoisotopic (exact) mass is 367 g/mol. The standard InChI is InChI=1S/C24H33NO2/c1-23-10-3-11-24(2,22(27)25-20-13-15-4-5-17(20)12-15)21(23)9-7-16-6-8-18(26)14-19(16)23/h6,8,14-15,17,20-21,26H,3-5,7,9-13H2,1-2H3,(H,25,27)/t15?,17?,20?,21-,23-,24+/m1/s1. The van der Waals surface area contributed by atoms with Gasteiger partial charge in [-0.2, -0.15) is 0 Å². The van der Waals surface area contributed by atoms with Gasteiger partial charge in [0.25, 0.3) is 0 Å². The Morgan fingerprint density at radius 3 is 2.74 bits per heavy atom. The Labute approximate surface area is 162 Å². The van der Waals surface area contributed by atoms with Crippen molar-refractivity contribution in [2.75, 3.05) is 0 Å². The van der Waals surface area contributed by atoms with Gasteiger partial charge in [-0.05, 0) is 91.4 Å². The number of phenols is 1. The minimum absolute atomic E-state index is 0.00859. The van der Waals surface area contributed by atoms with Crippen LogP contribution in [-0.2, 0) is 16.6 Å². The first kappa shape index (κ1) is 17.6. The molecule has 5 rings (SSSR count). The Bertz CT molecular complexity index is 774. The zero-order valence-electron chi connectivity index (χ0n) is 16.8. The molecule has 0 spiro atoms. The van der Waals surface area contributed by atoms with Crippen molar-refractivity contribution in [3.05, 3.63) is 29.3 Å². The van der Waals surface area contributed by atoms with Gasteiger partial charge in [-0.25, -0.2) is 0 Å². The Balaban J connectivity index is 1.44. The number of fused-ring (bicyclic) bond motifs is 5. The molecular weight excluding hydrogens is 334 g/mol. The molecule has 3 unspecified atom stereocenters. The lowest BCUT2D eigenvalue weighted by atomic mass is 9.49. The van der Waals surface area contributed by atoms with Crippen molar-refractivity contribution in [1.29, 1.82) is 0 Å². The maximum Gasteiger partial charge on any atom is 0.226 e. The molecular formula is C24H33NO2. The maximum atomic E-state index is 13.6. The topological polar surface area (TPSA) is 49.3 Å². The van der Waals surface area contributed by atoms with E-state index in [0.29, 0.717) is 23.6 Å². The molecule has 0 radical (unpaired) electrons. The summed E-state index contributed by atoms with van der Waals surface area (Å²) in [6.45, 7) is 4.57. The second-order valence-electron chi connectivity index (χ2n) is 10.4. The van der Waals surface area contributed by atoms with Crippen LogP contribution in [0.1, 0.15) is 76.3 Å². The number of carbonyl (C=O) groups is 1. The zero-order valence-corrected chi connectivity index (χ0v) is 16.8. The number of nitrogens with one attached hydrogen (secondary N) is 1. The quantitative estimate of drug-likeness (QED) is 0.795. The van der Waals surface area contributed by atoms with Crippen LogP contribution in [0.4, 0.5) is 0 Å². The van der Waals surface area contributed by atoms with Crippen LogP contribution in [0.2, 0.25) is 0 Å². The number of phenolic OH excluding ortho intramolecular Hbond substituents is 1. The smallest absolute Gasteiger partial charge is 0.226 e. The van der Waals surface area contributed by atoms with Crippen molar-refractivity contribution in [3.8, 4) is 5.75 Å². The first-order valence-corrected chi connectivity index (χ1v) is 11.0. The molecule has 3 saturated carbocycles. The fraction of sp³-hybridized carbons (Fsp3) is 0.708. The third-order valence-corrected chi connectivity index (χ3v) is 8.91. The molecule has 1 aromatic rings. The summed E-state index contributed by atoms with van der Waals surface area (Å²) < 4.78 is 0. The molecule has 3 nitrogen and oxygen atoms in total. The molecule has 0 aromatic heterocycles. The molecule has 2 N–H and O–H groups in total. The summed E-state index contributed by atoms with van der Waals surface area (Å²) in [7, 11) is 0. The molecule has 4 aliphatic rings. The molecule has 27 heavy (non-hydrogen) atoms. The van der Waals surface area contributed by atoms with Crippen molar-refractivity contribution in [2.45, 2.75) is 83.1 Å². The lowest BCUT2D eigenvalue weighted by molar-refractivity contribution is -0.140. The highest BCUT2D eigenvalue weighted by molar-refractivity contribution is 5.83. The Morgan fingerprint density at radius 1 is 1.15 bits per heavy atom. The first-order valence-electron chi connectivity index (χ1n) is 11.0. The van der Waals surface area contributed by atoms with Crippen LogP contribution in [0.3, 0.4) is 0 Å². The van der Waals surface area contributed by atoms with Gasteiger partial charge in [0.05, 0.1) is 5.41 Å². The molecule has 1 amide bonds. The highest BCUT2D eigenvalue weighted by atomic mass is 16.3. The van der Waals surface area contributed by atoms with Gasteiger partial charge in [0.15, 0.2) is 0 Å². The van der Waals surface area contributed by atoms with E-state index in [1.165, 1.54) is 36.8 Å². The van der Waals surface area contributed by atoms with Gasteiger partial charge in [-0.1, -0.05) is 32.8 Å². The molecule has 0 aliphatic heterocycles. The lowest BCUT2D eigenvalue weighted by Gasteiger charge is -2.54. The average molecular weight is 368 g/mol. The highest BCUT2D eigenvalue weighted by Crippen LogP contribution is 2.58. The van der Waals surface area contributed by atoms with E-state index in [1.807, 2.05) is 12.1 Å². The van der Waals surface area contributed by atoms with Crippen LogP contribution in [0, 0.1) is 23.2 Å². The summed E-state index contributed by atoms with van der Waals surface area (Å²) >= 11 is 0. The SMILES string of the molecule is C[C@]1(C(=O)NC2CC3CCC2C3)CCC[C@]2(C)c3cc(O)ccc3CC[C@@H]12. The van der Waals surface area contributed by atoms with E-state index in [1.54, 1.807) is 0 Å². The van der Waals surface area contributed by atoms with Crippen molar-refractivity contribution >= 4 is 5.91 Å². The van der Waals surface area contributed by atoms with Crippen molar-refractivity contribution in [2.24, 2.45) is 23.2 Å². The minimum atomic E-state index is -0.294. The number of carbonyl (C=O) groups excluding carboxylic acids is 1. The van der Waals surface area contributed by atoms with Crippen molar-refractivity contribution < 1.29 is 9.90 Å². The molecule has 4 aliphatic carbocycles. The largest absolute Gasteiger partial charge is 0.508 e. The lowest BCUT2D eigenvalue weighted by Crippen LogP contribution is -2.57. The van der Waals surface area contributed by atoms with E-state index in [4.69, 9.17) is 0 Å². The zero-order chi connectivity index (χ0) is 18.8. The van der Waals surface area contributed by atoms with Crippen LogP contribution >= 0.6 is 0 Å². The summed E-state index contributed by atoms with van der Waals surface area (Å²) in [6, 6.07) is 6.29. The molecule has 0 saturated heterocycles. The summed E-state index contributed by atoms with van der Waals surface area (Å²) in [4.78, 5) is 13.6. The molecule has 0 heterocycles. The molecule has 3 fully saturated rings. The number of rotatable bonds is 2. The third kappa shape index (κ3) is 2.57. The second kappa shape index (κ2) is 5.99. The molecule has 146 valence electrons. The van der Waals surface area contributed by atoms with E-state index < -0.39 is 0 Å². The van der Waals surface area contributed by atoms with Crippen LogP contribution < -0.4 is 5.32 Å². The van der Waals surface area contributed by atoms with Crippen LogP contribution in [0.25, 0.3) is 0 Å². The highest BCUT2D eigenvalue weighted by Gasteiger charge is 2.55. The van der Waals surface area contributed by atoms with Gasteiger partial charge in [0.1, 0.15) is 5.75 Å². The number of benzene rings is 1. The fourth-order valence-electron chi connectivity index (χ4n) is 7.47. The van der Waals surface area contributed by atoms with Crippen LogP contribution in [0.15, 0.2) is 18.2 Å².